The predicted octanol–water partition coefficient (Wildman–Crippen LogP) is 2.75. The number of ether oxygens (including phenoxy) is 1. The molecule has 0 saturated heterocycles. The first-order chi connectivity index (χ1) is 11.3. The quantitative estimate of drug-likeness (QED) is 0.762. The summed E-state index contributed by atoms with van der Waals surface area (Å²) in [4.78, 5) is 11.9. The number of aryl methyl sites for hydroxylation is 1. The van der Waals surface area contributed by atoms with Crippen molar-refractivity contribution in [3.63, 3.8) is 0 Å². The number of amides is 1. The largest absolute Gasteiger partial charge is 0.484 e. The predicted molar refractivity (Wildman–Crippen MR) is 89.2 cm³/mol. The zero-order chi connectivity index (χ0) is 16.1. The van der Waals surface area contributed by atoms with E-state index in [0.29, 0.717) is 12.3 Å². The van der Waals surface area contributed by atoms with E-state index in [-0.39, 0.29) is 12.5 Å². The maximum absolute atomic E-state index is 11.9. The van der Waals surface area contributed by atoms with Crippen molar-refractivity contribution in [3.05, 3.63) is 60.4 Å². The minimum atomic E-state index is -0.151. The van der Waals surface area contributed by atoms with Gasteiger partial charge in [0, 0.05) is 12.7 Å². The van der Waals surface area contributed by atoms with Crippen molar-refractivity contribution in [2.45, 2.75) is 20.0 Å². The SMILES string of the molecule is CCn1nccc1CNC(=O)COc1ccc2ccccc2c1. The summed E-state index contributed by atoms with van der Waals surface area (Å²) in [6.45, 7) is 3.25. The molecule has 23 heavy (non-hydrogen) atoms. The lowest BCUT2D eigenvalue weighted by atomic mass is 10.1. The molecule has 0 spiro atoms. The van der Waals surface area contributed by atoms with Crippen LogP contribution in [0.1, 0.15) is 12.6 Å². The summed E-state index contributed by atoms with van der Waals surface area (Å²) >= 11 is 0. The van der Waals surface area contributed by atoms with Crippen molar-refractivity contribution >= 4 is 16.7 Å². The number of hydrogen-bond acceptors (Lipinski definition) is 3. The Morgan fingerprint density at radius 3 is 2.83 bits per heavy atom. The Hall–Kier alpha value is -2.82. The second-order valence-corrected chi connectivity index (χ2v) is 5.21. The highest BCUT2D eigenvalue weighted by atomic mass is 16.5. The van der Waals surface area contributed by atoms with Gasteiger partial charge in [-0.25, -0.2) is 0 Å². The van der Waals surface area contributed by atoms with Crippen LogP contribution in [0, 0.1) is 0 Å². The van der Waals surface area contributed by atoms with E-state index in [1.807, 2.05) is 60.1 Å². The summed E-state index contributed by atoms with van der Waals surface area (Å²) in [5, 5.41) is 9.26. The Labute approximate surface area is 134 Å². The van der Waals surface area contributed by atoms with E-state index in [2.05, 4.69) is 10.4 Å². The standard InChI is InChI=1S/C18H19N3O2/c1-2-21-16(9-10-20-21)12-19-18(22)13-23-17-8-7-14-5-3-4-6-15(14)11-17/h3-11H,2,12-13H2,1H3,(H,19,22). The average molecular weight is 309 g/mol. The van der Waals surface area contributed by atoms with Crippen LogP contribution in [-0.2, 0) is 17.9 Å². The number of rotatable bonds is 6. The fourth-order valence-electron chi connectivity index (χ4n) is 2.44. The number of nitrogens with one attached hydrogen (secondary N) is 1. The van der Waals surface area contributed by atoms with Gasteiger partial charge in [0.15, 0.2) is 6.61 Å². The Balaban J connectivity index is 1.53. The van der Waals surface area contributed by atoms with Gasteiger partial charge in [0.2, 0.25) is 0 Å². The summed E-state index contributed by atoms with van der Waals surface area (Å²) in [6, 6.07) is 15.7. The molecule has 0 unspecified atom stereocenters. The third-order valence-electron chi connectivity index (χ3n) is 3.66. The summed E-state index contributed by atoms with van der Waals surface area (Å²) < 4.78 is 7.42. The summed E-state index contributed by atoms with van der Waals surface area (Å²) in [6.07, 6.45) is 1.73. The maximum atomic E-state index is 11.9. The van der Waals surface area contributed by atoms with Crippen LogP contribution in [0.25, 0.3) is 10.8 Å². The number of carbonyl (C=O) groups excluding carboxylic acids is 1. The molecule has 0 aliphatic heterocycles. The normalized spacial score (nSPS) is 10.7. The van der Waals surface area contributed by atoms with Gasteiger partial charge < -0.3 is 10.1 Å². The van der Waals surface area contributed by atoms with E-state index in [0.717, 1.165) is 23.0 Å². The lowest BCUT2D eigenvalue weighted by Gasteiger charge is -2.09. The van der Waals surface area contributed by atoms with Crippen LogP contribution in [0.15, 0.2) is 54.7 Å². The number of fused-ring (bicyclic) bond motifs is 1. The van der Waals surface area contributed by atoms with E-state index in [4.69, 9.17) is 4.74 Å². The first kappa shape index (κ1) is 15.1. The molecular formula is C18H19N3O2. The highest BCUT2D eigenvalue weighted by Crippen LogP contribution is 2.20. The van der Waals surface area contributed by atoms with Gasteiger partial charge in [-0.15, -0.1) is 0 Å². The molecular weight excluding hydrogens is 290 g/mol. The van der Waals surface area contributed by atoms with Crippen LogP contribution < -0.4 is 10.1 Å². The Kier molecular flexibility index (Phi) is 4.57. The Morgan fingerprint density at radius 2 is 2.00 bits per heavy atom. The van der Waals surface area contributed by atoms with Crippen LogP contribution >= 0.6 is 0 Å². The Morgan fingerprint density at radius 1 is 1.17 bits per heavy atom. The Bertz CT molecular complexity index is 811. The van der Waals surface area contributed by atoms with E-state index in [9.17, 15) is 4.79 Å². The van der Waals surface area contributed by atoms with Crippen LogP contribution in [0.5, 0.6) is 5.75 Å². The van der Waals surface area contributed by atoms with Gasteiger partial charge in [-0.05, 0) is 35.9 Å². The third kappa shape index (κ3) is 3.69. The van der Waals surface area contributed by atoms with Crippen molar-refractivity contribution in [2.75, 3.05) is 6.61 Å². The van der Waals surface area contributed by atoms with Crippen molar-refractivity contribution < 1.29 is 9.53 Å². The zero-order valence-corrected chi connectivity index (χ0v) is 13.0. The molecule has 5 nitrogen and oxygen atoms in total. The van der Waals surface area contributed by atoms with Gasteiger partial charge in [-0.2, -0.15) is 5.10 Å². The molecule has 1 aromatic heterocycles. The highest BCUT2D eigenvalue weighted by molar-refractivity contribution is 5.84. The minimum Gasteiger partial charge on any atom is -0.484 e. The molecule has 0 aliphatic carbocycles. The van der Waals surface area contributed by atoms with Crippen molar-refractivity contribution in [3.8, 4) is 5.75 Å². The van der Waals surface area contributed by atoms with Crippen LogP contribution in [-0.4, -0.2) is 22.3 Å². The topological polar surface area (TPSA) is 56.2 Å². The third-order valence-corrected chi connectivity index (χ3v) is 3.66. The van der Waals surface area contributed by atoms with E-state index in [1.54, 1.807) is 6.20 Å². The van der Waals surface area contributed by atoms with E-state index >= 15 is 0 Å². The number of benzene rings is 2. The monoisotopic (exact) mass is 309 g/mol. The van der Waals surface area contributed by atoms with Crippen LogP contribution in [0.4, 0.5) is 0 Å². The molecule has 1 amide bonds. The lowest BCUT2D eigenvalue weighted by Crippen LogP contribution is -2.29. The fourth-order valence-corrected chi connectivity index (χ4v) is 2.44. The number of aromatic nitrogens is 2. The molecule has 2 aromatic carbocycles. The lowest BCUT2D eigenvalue weighted by molar-refractivity contribution is -0.123. The minimum absolute atomic E-state index is 0.00139. The number of carbonyl (C=O) groups is 1. The zero-order valence-electron chi connectivity index (χ0n) is 13.0. The molecule has 0 saturated carbocycles. The summed E-state index contributed by atoms with van der Waals surface area (Å²) in [7, 11) is 0. The molecule has 0 bridgehead atoms. The van der Waals surface area contributed by atoms with Gasteiger partial charge in [0.25, 0.3) is 5.91 Å². The molecule has 3 rings (SSSR count). The van der Waals surface area contributed by atoms with Crippen molar-refractivity contribution in [1.82, 2.24) is 15.1 Å². The highest BCUT2D eigenvalue weighted by Gasteiger charge is 2.06. The number of nitrogens with zero attached hydrogens (tertiary/aromatic N) is 2. The molecule has 118 valence electrons. The van der Waals surface area contributed by atoms with Crippen molar-refractivity contribution in [2.24, 2.45) is 0 Å². The smallest absolute Gasteiger partial charge is 0.258 e. The molecule has 0 atom stereocenters. The molecule has 1 N–H and O–H groups in total. The van der Waals surface area contributed by atoms with Gasteiger partial charge in [-0.3, -0.25) is 9.48 Å². The molecule has 0 radical (unpaired) electrons. The van der Waals surface area contributed by atoms with Gasteiger partial charge in [-0.1, -0.05) is 30.3 Å². The molecule has 0 fully saturated rings. The van der Waals surface area contributed by atoms with Crippen LogP contribution in [0.3, 0.4) is 0 Å². The van der Waals surface area contributed by atoms with Crippen molar-refractivity contribution in [1.29, 1.82) is 0 Å². The average Bonchev–Trinajstić information content (AvgIpc) is 3.05. The maximum Gasteiger partial charge on any atom is 0.258 e. The van der Waals surface area contributed by atoms with Gasteiger partial charge in [0.05, 0.1) is 12.2 Å². The summed E-state index contributed by atoms with van der Waals surface area (Å²) in [5.41, 5.74) is 0.978. The molecule has 1 heterocycles. The van der Waals surface area contributed by atoms with E-state index in [1.165, 1.54) is 0 Å². The molecule has 5 heteroatoms. The van der Waals surface area contributed by atoms with Crippen LogP contribution in [0.2, 0.25) is 0 Å². The second-order valence-electron chi connectivity index (χ2n) is 5.21. The van der Waals surface area contributed by atoms with E-state index < -0.39 is 0 Å². The van der Waals surface area contributed by atoms with Gasteiger partial charge >= 0.3 is 0 Å². The number of hydrogen-bond donors (Lipinski definition) is 1. The first-order valence-corrected chi connectivity index (χ1v) is 7.65. The molecule has 0 aliphatic rings. The fraction of sp³-hybridized carbons (Fsp3) is 0.222. The molecule has 3 aromatic rings. The summed E-state index contributed by atoms with van der Waals surface area (Å²) in [5.74, 6) is 0.541. The second kappa shape index (κ2) is 6.96. The van der Waals surface area contributed by atoms with Gasteiger partial charge in [0.1, 0.15) is 5.75 Å². The first-order valence-electron chi connectivity index (χ1n) is 7.65.